The van der Waals surface area contributed by atoms with Crippen LogP contribution in [0.15, 0.2) is 0 Å². The summed E-state index contributed by atoms with van der Waals surface area (Å²) in [4.78, 5) is 11.5. The van der Waals surface area contributed by atoms with E-state index in [4.69, 9.17) is 17.3 Å². The number of rotatable bonds is 7. The molecule has 0 aliphatic rings. The van der Waals surface area contributed by atoms with Crippen molar-refractivity contribution in [3.05, 3.63) is 0 Å². The first-order valence-corrected chi connectivity index (χ1v) is 9.11. The summed E-state index contributed by atoms with van der Waals surface area (Å²) in [5.41, 5.74) is 3.54. The van der Waals surface area contributed by atoms with E-state index in [0.29, 0.717) is 0 Å². The van der Waals surface area contributed by atoms with Gasteiger partial charge in [0, 0.05) is 0 Å². The summed E-state index contributed by atoms with van der Waals surface area (Å²) in [7, 11) is -4.94. The molecule has 2 N–H and O–H groups in total. The van der Waals surface area contributed by atoms with Gasteiger partial charge in [0.05, 0.1) is 18.1 Å². The van der Waals surface area contributed by atoms with E-state index in [0.717, 1.165) is 0 Å². The Morgan fingerprint density at radius 1 is 1.04 bits per heavy atom. The highest BCUT2D eigenvalue weighted by Gasteiger charge is 2.52. The number of halogens is 7. The van der Waals surface area contributed by atoms with E-state index in [1.165, 1.54) is 20.8 Å². The minimum absolute atomic E-state index is 0.884. The second-order valence-electron chi connectivity index (χ2n) is 6.78. The lowest BCUT2D eigenvalue weighted by Crippen LogP contribution is -2.48. The largest absolute Gasteiger partial charge is 0.392 e. The molecule has 0 saturated heterocycles. The zero-order chi connectivity index (χ0) is 20.5. The maximum absolute atomic E-state index is 13.1. The van der Waals surface area contributed by atoms with Gasteiger partial charge >= 0.3 is 12.4 Å². The van der Waals surface area contributed by atoms with Crippen molar-refractivity contribution in [2.24, 2.45) is 17.1 Å². The van der Waals surface area contributed by atoms with Crippen LogP contribution in [-0.2, 0) is 14.6 Å². The van der Waals surface area contributed by atoms with E-state index in [1.807, 2.05) is 0 Å². The molecule has 25 heavy (non-hydrogen) atoms. The molecular formula is C13H20ClF6NO3S. The molecule has 0 heterocycles. The number of alkyl halides is 7. The molecular weight excluding hydrogens is 400 g/mol. The van der Waals surface area contributed by atoms with Crippen molar-refractivity contribution in [1.29, 1.82) is 0 Å². The maximum Gasteiger partial charge on any atom is 0.392 e. The van der Waals surface area contributed by atoms with Crippen molar-refractivity contribution in [2.45, 2.75) is 56.6 Å². The second-order valence-corrected chi connectivity index (χ2v) is 9.98. The molecule has 0 aromatic carbocycles. The highest BCUT2D eigenvalue weighted by Crippen LogP contribution is 2.45. The minimum atomic E-state index is -4.94. The molecule has 0 saturated carbocycles. The quantitative estimate of drug-likeness (QED) is 0.504. The third-order valence-electron chi connectivity index (χ3n) is 3.71. The first-order valence-electron chi connectivity index (χ1n) is 7.08. The monoisotopic (exact) mass is 419 g/mol. The molecule has 1 amide bonds. The van der Waals surface area contributed by atoms with E-state index < -0.39 is 68.7 Å². The second kappa shape index (κ2) is 7.50. The van der Waals surface area contributed by atoms with Gasteiger partial charge in [-0.1, -0.05) is 32.4 Å². The van der Waals surface area contributed by atoms with Gasteiger partial charge in [0.2, 0.25) is 4.21 Å². The highest BCUT2D eigenvalue weighted by atomic mass is 35.5. The summed E-state index contributed by atoms with van der Waals surface area (Å²) in [5.74, 6) is -5.28. The molecule has 2 unspecified atom stereocenters. The third kappa shape index (κ3) is 6.84. The number of nitrogens with two attached hydrogens (primary N) is 1. The SMILES string of the molecule is CC(C)(C)C(CCC(Cl)(C(N)=O)S(=O)(=O)CCC(F)(F)F)C(F)(F)F. The summed E-state index contributed by atoms with van der Waals surface area (Å²) < 4.78 is 97.1. The standard InChI is InChI=1S/C13H20ClF6NO3S/c1-10(2,3)8(13(18,19)20)4-5-11(14,9(21)22)25(23,24)7-6-12(15,16)17/h8H,4-7H2,1-3H3,(H2,21,22). The van der Waals surface area contributed by atoms with Crippen molar-refractivity contribution >= 4 is 27.3 Å². The van der Waals surface area contributed by atoms with Crippen LogP contribution >= 0.6 is 11.6 Å². The lowest BCUT2D eigenvalue weighted by atomic mass is 9.77. The molecule has 0 aliphatic carbocycles. The van der Waals surface area contributed by atoms with Crippen LogP contribution in [0, 0.1) is 11.3 Å². The summed E-state index contributed by atoms with van der Waals surface area (Å²) in [6.07, 6.45) is -13.3. The summed E-state index contributed by atoms with van der Waals surface area (Å²) >= 11 is 5.64. The van der Waals surface area contributed by atoms with Crippen LogP contribution in [0.4, 0.5) is 26.3 Å². The Balaban J connectivity index is 5.58. The zero-order valence-corrected chi connectivity index (χ0v) is 15.3. The van der Waals surface area contributed by atoms with E-state index in [2.05, 4.69) is 0 Å². The molecule has 2 atom stereocenters. The lowest BCUT2D eigenvalue weighted by molar-refractivity contribution is -0.202. The Kier molecular flexibility index (Phi) is 7.28. The number of carbonyl (C=O) groups is 1. The maximum atomic E-state index is 13.1. The van der Waals surface area contributed by atoms with Crippen LogP contribution in [-0.4, -0.2) is 36.6 Å². The molecule has 0 fully saturated rings. The van der Waals surface area contributed by atoms with Crippen molar-refractivity contribution in [2.75, 3.05) is 5.75 Å². The summed E-state index contributed by atoms with van der Waals surface area (Å²) in [5, 5.41) is 0. The van der Waals surface area contributed by atoms with Gasteiger partial charge < -0.3 is 5.73 Å². The van der Waals surface area contributed by atoms with Crippen LogP contribution in [0.3, 0.4) is 0 Å². The number of hydrogen-bond donors (Lipinski definition) is 1. The van der Waals surface area contributed by atoms with Gasteiger partial charge in [0.15, 0.2) is 9.84 Å². The molecule has 0 spiro atoms. The first-order chi connectivity index (χ1) is 10.7. The number of carbonyl (C=O) groups excluding carboxylic acids is 1. The molecule has 12 heteroatoms. The molecule has 0 aromatic rings. The number of sulfone groups is 1. The molecule has 150 valence electrons. The molecule has 0 bridgehead atoms. The van der Waals surface area contributed by atoms with Crippen LogP contribution in [0.1, 0.15) is 40.0 Å². The number of hydrogen-bond acceptors (Lipinski definition) is 3. The van der Waals surface area contributed by atoms with Crippen molar-refractivity contribution in [3.8, 4) is 0 Å². The Morgan fingerprint density at radius 3 is 1.76 bits per heavy atom. The van der Waals surface area contributed by atoms with Crippen molar-refractivity contribution < 1.29 is 39.6 Å². The Labute approximate surface area is 147 Å². The Hall–Kier alpha value is -0.710. The highest BCUT2D eigenvalue weighted by molar-refractivity contribution is 7.95. The fraction of sp³-hybridized carbons (Fsp3) is 0.923. The van der Waals surface area contributed by atoms with Gasteiger partial charge in [0.1, 0.15) is 0 Å². The van der Waals surface area contributed by atoms with Crippen LogP contribution in [0.5, 0.6) is 0 Å². The lowest BCUT2D eigenvalue weighted by Gasteiger charge is -2.34. The summed E-state index contributed by atoms with van der Waals surface area (Å²) in [6.45, 7) is 3.76. The fourth-order valence-electron chi connectivity index (χ4n) is 2.26. The number of primary amides is 1. The predicted octanol–water partition coefficient (Wildman–Crippen LogP) is 3.78. The van der Waals surface area contributed by atoms with Gasteiger partial charge in [-0.15, -0.1) is 0 Å². The molecule has 0 aromatic heterocycles. The van der Waals surface area contributed by atoms with Gasteiger partial charge in [-0.2, -0.15) is 26.3 Å². The average Bonchev–Trinajstić information content (AvgIpc) is 2.31. The molecule has 0 aliphatic heterocycles. The Morgan fingerprint density at radius 2 is 1.48 bits per heavy atom. The summed E-state index contributed by atoms with van der Waals surface area (Å²) in [6, 6.07) is 0. The molecule has 4 nitrogen and oxygen atoms in total. The average molecular weight is 420 g/mol. The van der Waals surface area contributed by atoms with Gasteiger partial charge in [-0.25, -0.2) is 8.42 Å². The van der Waals surface area contributed by atoms with Crippen LogP contribution in [0.2, 0.25) is 0 Å². The zero-order valence-electron chi connectivity index (χ0n) is 13.8. The molecule has 0 rings (SSSR count). The van der Waals surface area contributed by atoms with E-state index in [9.17, 15) is 39.6 Å². The third-order valence-corrected chi connectivity index (χ3v) is 6.92. The number of amides is 1. The topological polar surface area (TPSA) is 77.2 Å². The van der Waals surface area contributed by atoms with Crippen molar-refractivity contribution in [3.63, 3.8) is 0 Å². The van der Waals surface area contributed by atoms with E-state index in [1.54, 1.807) is 0 Å². The van der Waals surface area contributed by atoms with E-state index in [-0.39, 0.29) is 0 Å². The van der Waals surface area contributed by atoms with Crippen LogP contribution < -0.4 is 5.73 Å². The minimum Gasteiger partial charge on any atom is -0.367 e. The van der Waals surface area contributed by atoms with Crippen molar-refractivity contribution in [1.82, 2.24) is 0 Å². The normalized spacial score (nSPS) is 17.8. The fourth-order valence-corrected chi connectivity index (χ4v) is 4.16. The van der Waals surface area contributed by atoms with Gasteiger partial charge in [0.25, 0.3) is 5.91 Å². The molecule has 0 radical (unpaired) electrons. The van der Waals surface area contributed by atoms with Gasteiger partial charge in [-0.05, 0) is 18.3 Å². The first kappa shape index (κ1) is 24.3. The predicted molar refractivity (Wildman–Crippen MR) is 80.5 cm³/mol. The Bertz CT molecular complexity index is 568. The van der Waals surface area contributed by atoms with E-state index >= 15 is 0 Å². The smallest absolute Gasteiger partial charge is 0.367 e. The van der Waals surface area contributed by atoms with Gasteiger partial charge in [-0.3, -0.25) is 4.79 Å². The van der Waals surface area contributed by atoms with Crippen LogP contribution in [0.25, 0.3) is 0 Å².